The lowest BCUT2D eigenvalue weighted by atomic mass is 10.1. The molecule has 0 radical (unpaired) electrons. The highest BCUT2D eigenvalue weighted by atomic mass is 16.5. The number of ether oxygens (including phenoxy) is 1. The molecule has 2 fully saturated rings. The monoisotopic (exact) mass is 345 g/mol. The van der Waals surface area contributed by atoms with Crippen LogP contribution < -0.4 is 4.74 Å². The van der Waals surface area contributed by atoms with Crippen LogP contribution in [0.1, 0.15) is 54.2 Å². The molecular formula is C17H23N5O3. The van der Waals surface area contributed by atoms with Crippen LogP contribution in [0, 0.1) is 13.8 Å². The first-order valence-corrected chi connectivity index (χ1v) is 8.77. The number of amides is 1. The van der Waals surface area contributed by atoms with Crippen molar-refractivity contribution in [2.45, 2.75) is 44.9 Å². The lowest BCUT2D eigenvalue weighted by Gasteiger charge is -2.16. The Bertz CT molecular complexity index is 792. The number of hydrogen-bond acceptors (Lipinski definition) is 6. The van der Waals surface area contributed by atoms with Gasteiger partial charge in [-0.1, -0.05) is 5.16 Å². The lowest BCUT2D eigenvalue weighted by Crippen LogP contribution is -2.33. The molecule has 2 aromatic heterocycles. The molecule has 3 heterocycles. The van der Waals surface area contributed by atoms with Gasteiger partial charge in [-0.05, 0) is 33.1 Å². The van der Waals surface area contributed by atoms with Gasteiger partial charge in [0.05, 0.1) is 11.6 Å². The molecule has 134 valence electrons. The second kappa shape index (κ2) is 6.16. The van der Waals surface area contributed by atoms with Gasteiger partial charge >= 0.3 is 0 Å². The van der Waals surface area contributed by atoms with Gasteiger partial charge < -0.3 is 14.2 Å². The van der Waals surface area contributed by atoms with E-state index in [0.29, 0.717) is 30.6 Å². The van der Waals surface area contributed by atoms with Crippen molar-refractivity contribution in [1.82, 2.24) is 24.8 Å². The van der Waals surface area contributed by atoms with E-state index in [4.69, 9.17) is 9.26 Å². The van der Waals surface area contributed by atoms with Crippen molar-refractivity contribution >= 4 is 5.91 Å². The Morgan fingerprint density at radius 2 is 2.08 bits per heavy atom. The van der Waals surface area contributed by atoms with Crippen molar-refractivity contribution in [1.29, 1.82) is 0 Å². The third-order valence-corrected chi connectivity index (χ3v) is 5.07. The Morgan fingerprint density at radius 1 is 1.28 bits per heavy atom. The SMILES string of the molecule is Cc1nn(C)c(C)c1OCC(=O)N1CC[C@@H](c2nc(C3CC3)no2)C1. The number of carbonyl (C=O) groups is 1. The van der Waals surface area contributed by atoms with Crippen LogP contribution in [0.3, 0.4) is 0 Å². The molecule has 1 aliphatic heterocycles. The zero-order valence-corrected chi connectivity index (χ0v) is 14.9. The summed E-state index contributed by atoms with van der Waals surface area (Å²) in [6.07, 6.45) is 3.15. The summed E-state index contributed by atoms with van der Waals surface area (Å²) in [6, 6.07) is 0. The van der Waals surface area contributed by atoms with E-state index in [1.165, 1.54) is 0 Å². The Morgan fingerprint density at radius 3 is 2.76 bits per heavy atom. The predicted octanol–water partition coefficient (Wildman–Crippen LogP) is 1.69. The molecule has 8 nitrogen and oxygen atoms in total. The maximum absolute atomic E-state index is 12.5. The van der Waals surface area contributed by atoms with Gasteiger partial charge in [0.1, 0.15) is 5.69 Å². The number of nitrogens with zero attached hydrogens (tertiary/aromatic N) is 5. The zero-order valence-electron chi connectivity index (χ0n) is 14.9. The molecule has 0 aromatic carbocycles. The smallest absolute Gasteiger partial charge is 0.260 e. The van der Waals surface area contributed by atoms with Gasteiger partial charge in [-0.15, -0.1) is 0 Å². The molecule has 25 heavy (non-hydrogen) atoms. The Kier molecular flexibility index (Phi) is 3.97. The van der Waals surface area contributed by atoms with Gasteiger partial charge in [-0.2, -0.15) is 10.1 Å². The van der Waals surface area contributed by atoms with Gasteiger partial charge in [0.25, 0.3) is 5.91 Å². The highest BCUT2D eigenvalue weighted by molar-refractivity contribution is 5.78. The molecule has 0 spiro atoms. The van der Waals surface area contributed by atoms with Crippen LogP contribution in [0.5, 0.6) is 5.75 Å². The maximum atomic E-state index is 12.5. The number of aromatic nitrogens is 4. The quantitative estimate of drug-likeness (QED) is 0.820. The van der Waals surface area contributed by atoms with E-state index in [1.54, 1.807) is 4.68 Å². The lowest BCUT2D eigenvalue weighted by molar-refractivity contribution is -0.132. The second-order valence-electron chi connectivity index (χ2n) is 7.00. The van der Waals surface area contributed by atoms with E-state index >= 15 is 0 Å². The number of aryl methyl sites for hydroxylation is 2. The van der Waals surface area contributed by atoms with E-state index in [9.17, 15) is 4.79 Å². The summed E-state index contributed by atoms with van der Waals surface area (Å²) in [5.74, 6) is 2.77. The van der Waals surface area contributed by atoms with E-state index in [0.717, 1.165) is 36.5 Å². The molecule has 1 saturated carbocycles. The highest BCUT2D eigenvalue weighted by Gasteiger charge is 2.34. The molecular weight excluding hydrogens is 322 g/mol. The number of likely N-dealkylation sites (tertiary alicyclic amines) is 1. The normalized spacial score (nSPS) is 20.3. The van der Waals surface area contributed by atoms with Gasteiger partial charge in [0, 0.05) is 26.1 Å². The number of hydrogen-bond donors (Lipinski definition) is 0. The molecule has 4 rings (SSSR count). The van der Waals surface area contributed by atoms with Crippen molar-refractivity contribution in [2.24, 2.45) is 7.05 Å². The van der Waals surface area contributed by atoms with E-state index < -0.39 is 0 Å². The average molecular weight is 345 g/mol. The van der Waals surface area contributed by atoms with Crippen LogP contribution in [0.2, 0.25) is 0 Å². The van der Waals surface area contributed by atoms with Crippen LogP contribution in [0.4, 0.5) is 0 Å². The molecule has 8 heteroatoms. The number of carbonyl (C=O) groups excluding carboxylic acids is 1. The van der Waals surface area contributed by atoms with Crippen LogP contribution in [-0.4, -0.2) is 50.4 Å². The summed E-state index contributed by atoms with van der Waals surface area (Å²) in [6.45, 7) is 5.14. The molecule has 1 amide bonds. The van der Waals surface area contributed by atoms with Crippen molar-refractivity contribution in [2.75, 3.05) is 19.7 Å². The highest BCUT2D eigenvalue weighted by Crippen LogP contribution is 2.39. The zero-order chi connectivity index (χ0) is 17.6. The number of rotatable bonds is 5. The third kappa shape index (κ3) is 3.12. The molecule has 0 N–H and O–H groups in total. The molecule has 1 aliphatic carbocycles. The molecule has 2 aromatic rings. The van der Waals surface area contributed by atoms with E-state index in [2.05, 4.69) is 15.2 Å². The van der Waals surface area contributed by atoms with Crippen molar-refractivity contribution < 1.29 is 14.1 Å². The second-order valence-corrected chi connectivity index (χ2v) is 7.00. The molecule has 0 unspecified atom stereocenters. The van der Waals surface area contributed by atoms with Gasteiger partial charge in [-0.3, -0.25) is 9.48 Å². The van der Waals surface area contributed by atoms with E-state index in [-0.39, 0.29) is 18.4 Å². The summed E-state index contributed by atoms with van der Waals surface area (Å²) in [5.41, 5.74) is 1.72. The van der Waals surface area contributed by atoms with Gasteiger partial charge in [-0.25, -0.2) is 0 Å². The van der Waals surface area contributed by atoms with Crippen molar-refractivity contribution in [3.63, 3.8) is 0 Å². The summed E-state index contributed by atoms with van der Waals surface area (Å²) in [4.78, 5) is 18.8. The third-order valence-electron chi connectivity index (χ3n) is 5.07. The predicted molar refractivity (Wildman–Crippen MR) is 88.4 cm³/mol. The van der Waals surface area contributed by atoms with Gasteiger partial charge in [0.15, 0.2) is 18.2 Å². The first-order valence-electron chi connectivity index (χ1n) is 8.77. The first-order chi connectivity index (χ1) is 12.0. The fourth-order valence-electron chi connectivity index (χ4n) is 3.30. The van der Waals surface area contributed by atoms with Crippen LogP contribution in [0.15, 0.2) is 4.52 Å². The van der Waals surface area contributed by atoms with Crippen LogP contribution in [-0.2, 0) is 11.8 Å². The molecule has 1 saturated heterocycles. The minimum absolute atomic E-state index is 0.0212. The fourth-order valence-corrected chi connectivity index (χ4v) is 3.30. The first kappa shape index (κ1) is 16.1. The minimum atomic E-state index is -0.0212. The van der Waals surface area contributed by atoms with Crippen molar-refractivity contribution in [3.05, 3.63) is 23.1 Å². The Labute approximate surface area is 146 Å². The standard InChI is InChI=1S/C17H23N5O3/c1-10-15(11(2)21(3)19-10)24-9-14(23)22-7-6-13(8-22)17-18-16(20-25-17)12-4-5-12/h12-13H,4-9H2,1-3H3/t13-/m1/s1. The summed E-state index contributed by atoms with van der Waals surface area (Å²) >= 11 is 0. The fraction of sp³-hybridized carbons (Fsp3) is 0.647. The molecule has 2 aliphatic rings. The Balaban J connectivity index is 1.33. The molecule has 0 bridgehead atoms. The summed E-state index contributed by atoms with van der Waals surface area (Å²) in [5, 5.41) is 8.37. The summed E-state index contributed by atoms with van der Waals surface area (Å²) in [7, 11) is 1.86. The van der Waals surface area contributed by atoms with E-state index in [1.807, 2.05) is 25.8 Å². The average Bonchev–Trinajstić information content (AvgIpc) is 3.04. The molecule has 1 atom stereocenters. The largest absolute Gasteiger partial charge is 0.480 e. The topological polar surface area (TPSA) is 86.3 Å². The van der Waals surface area contributed by atoms with Crippen molar-refractivity contribution in [3.8, 4) is 5.75 Å². The Hall–Kier alpha value is -2.38. The minimum Gasteiger partial charge on any atom is -0.480 e. The maximum Gasteiger partial charge on any atom is 0.260 e. The van der Waals surface area contributed by atoms with Crippen LogP contribution in [0.25, 0.3) is 0 Å². The van der Waals surface area contributed by atoms with Crippen LogP contribution >= 0.6 is 0 Å². The van der Waals surface area contributed by atoms with Gasteiger partial charge in [0.2, 0.25) is 5.89 Å². The summed E-state index contributed by atoms with van der Waals surface area (Å²) < 4.78 is 12.9.